The largest absolute Gasteiger partial charge is 0.507 e. The van der Waals surface area contributed by atoms with Gasteiger partial charge in [-0.2, -0.15) is 0 Å². The summed E-state index contributed by atoms with van der Waals surface area (Å²) in [5.74, 6) is 1.71. The number of aromatic hydroxyl groups is 1. The lowest BCUT2D eigenvalue weighted by molar-refractivity contribution is 0.0207. The number of hydrogen-bond acceptors (Lipinski definition) is 7. The highest BCUT2D eigenvalue weighted by atomic mass is 32.1. The van der Waals surface area contributed by atoms with E-state index in [0.29, 0.717) is 12.0 Å². The van der Waals surface area contributed by atoms with Gasteiger partial charge in [0, 0.05) is 34.8 Å². The maximum Gasteiger partial charge on any atom is 0.149 e. The average Bonchev–Trinajstić information content (AvgIpc) is 3.18. The van der Waals surface area contributed by atoms with E-state index in [4.69, 9.17) is 0 Å². The number of benzene rings is 1. The third-order valence-corrected chi connectivity index (χ3v) is 7.31. The lowest BCUT2D eigenvalue weighted by Crippen LogP contribution is -2.46. The molecular weight excluding hydrogens is 396 g/mol. The molecule has 1 aromatic carbocycles. The van der Waals surface area contributed by atoms with Crippen molar-refractivity contribution in [3.05, 3.63) is 35.2 Å². The van der Waals surface area contributed by atoms with E-state index < -0.39 is 0 Å². The molecule has 1 atom stereocenters. The van der Waals surface area contributed by atoms with Crippen LogP contribution in [-0.4, -0.2) is 57.1 Å². The number of hydrogen-bond donors (Lipinski definition) is 3. The van der Waals surface area contributed by atoms with Crippen LogP contribution in [0.15, 0.2) is 29.6 Å². The van der Waals surface area contributed by atoms with Crippen LogP contribution in [0.2, 0.25) is 0 Å². The van der Waals surface area contributed by atoms with Gasteiger partial charge >= 0.3 is 0 Å². The molecule has 1 saturated heterocycles. The van der Waals surface area contributed by atoms with Gasteiger partial charge in [-0.05, 0) is 80.3 Å². The average molecular weight is 425 g/mol. The highest BCUT2D eigenvalue weighted by molar-refractivity contribution is 7.17. The second-order valence-electron chi connectivity index (χ2n) is 8.79. The van der Waals surface area contributed by atoms with Gasteiger partial charge < -0.3 is 20.4 Å². The first-order valence-electron chi connectivity index (χ1n) is 10.8. The van der Waals surface area contributed by atoms with Gasteiger partial charge in [-0.15, -0.1) is 21.5 Å². The molecule has 0 unspecified atom stereocenters. The Hall–Kier alpha value is -2.22. The van der Waals surface area contributed by atoms with E-state index in [1.807, 2.05) is 36.6 Å². The first kappa shape index (κ1) is 19.7. The molecule has 2 aromatic heterocycles. The third kappa shape index (κ3) is 3.89. The van der Waals surface area contributed by atoms with Crippen molar-refractivity contribution in [2.45, 2.75) is 44.8 Å². The number of piperidine rings is 1. The minimum atomic E-state index is -0.0784. The summed E-state index contributed by atoms with van der Waals surface area (Å²) in [4.78, 5) is 2.51. The van der Waals surface area contributed by atoms with Crippen molar-refractivity contribution < 1.29 is 10.2 Å². The molecule has 6 nitrogen and oxygen atoms in total. The fourth-order valence-electron chi connectivity index (χ4n) is 4.80. The van der Waals surface area contributed by atoms with Crippen LogP contribution in [0.4, 0.5) is 5.82 Å². The quantitative estimate of drug-likeness (QED) is 0.574. The summed E-state index contributed by atoms with van der Waals surface area (Å²) in [5.41, 5.74) is 2.44. The van der Waals surface area contributed by atoms with E-state index in [1.165, 1.54) is 6.42 Å². The molecule has 158 valence electrons. The van der Waals surface area contributed by atoms with Gasteiger partial charge in [0.1, 0.15) is 11.6 Å². The van der Waals surface area contributed by atoms with Gasteiger partial charge in [-0.1, -0.05) is 0 Å². The van der Waals surface area contributed by atoms with E-state index in [2.05, 4.69) is 20.4 Å². The van der Waals surface area contributed by atoms with Crippen molar-refractivity contribution in [3.63, 3.8) is 0 Å². The molecule has 2 aliphatic rings. The van der Waals surface area contributed by atoms with Crippen LogP contribution in [0.3, 0.4) is 0 Å². The number of aromatic nitrogens is 2. The summed E-state index contributed by atoms with van der Waals surface area (Å²) < 4.78 is 1.07. The summed E-state index contributed by atoms with van der Waals surface area (Å²) in [5, 5.41) is 35.5. The fraction of sp³-hybridized carbons (Fsp3) is 0.478. The molecule has 1 aliphatic carbocycles. The Bertz CT molecular complexity index is 1050. The number of phenolic OH excluding ortho intramolecular Hbond substituents is 1. The summed E-state index contributed by atoms with van der Waals surface area (Å²) in [6.07, 6.45) is 4.12. The van der Waals surface area contributed by atoms with Crippen LogP contribution in [0.5, 0.6) is 5.75 Å². The molecule has 1 aliphatic heterocycles. The first-order chi connectivity index (χ1) is 14.6. The molecule has 7 heteroatoms. The number of anilines is 1. The normalized spacial score (nSPS) is 24.7. The molecule has 1 saturated carbocycles. The van der Waals surface area contributed by atoms with Gasteiger partial charge in [-0.25, -0.2) is 0 Å². The predicted molar refractivity (Wildman–Crippen MR) is 121 cm³/mol. The van der Waals surface area contributed by atoms with Gasteiger partial charge in [0.25, 0.3) is 0 Å². The number of aliphatic hydroxyl groups excluding tert-OH is 1. The Morgan fingerprint density at radius 3 is 2.90 bits per heavy atom. The van der Waals surface area contributed by atoms with Crippen LogP contribution >= 0.6 is 11.3 Å². The molecule has 3 aromatic rings. The Labute approximate surface area is 180 Å². The molecule has 0 spiro atoms. The van der Waals surface area contributed by atoms with Crippen molar-refractivity contribution >= 4 is 27.2 Å². The highest BCUT2D eigenvalue weighted by Crippen LogP contribution is 2.38. The van der Waals surface area contributed by atoms with E-state index in [-0.39, 0.29) is 11.9 Å². The Balaban J connectivity index is 1.28. The number of nitrogens with one attached hydrogen (secondary N) is 1. The number of nitrogens with zero attached hydrogens (tertiary/aromatic N) is 3. The SMILES string of the molecule is Cc1cc(N[C@@H]2CCCN(CC3CC(O)C3)C2)nnc1-c1ccc2sccc2c1O. The van der Waals surface area contributed by atoms with Crippen molar-refractivity contribution in [2.24, 2.45) is 5.92 Å². The predicted octanol–water partition coefficient (Wildman–Crippen LogP) is 4.02. The number of aliphatic hydroxyl groups is 1. The summed E-state index contributed by atoms with van der Waals surface area (Å²) in [6, 6.07) is 8.28. The number of phenols is 1. The maximum absolute atomic E-state index is 10.7. The number of rotatable bonds is 5. The maximum atomic E-state index is 10.7. The van der Waals surface area contributed by atoms with E-state index >= 15 is 0 Å². The number of fused-ring (bicyclic) bond motifs is 1. The number of aryl methyl sites for hydroxylation is 1. The van der Waals surface area contributed by atoms with Crippen LogP contribution in [0.1, 0.15) is 31.2 Å². The van der Waals surface area contributed by atoms with Gasteiger partial charge in [0.2, 0.25) is 0 Å². The fourth-order valence-corrected chi connectivity index (χ4v) is 5.59. The minimum Gasteiger partial charge on any atom is -0.507 e. The molecule has 3 heterocycles. The van der Waals surface area contributed by atoms with Crippen molar-refractivity contribution in [1.29, 1.82) is 0 Å². The van der Waals surface area contributed by atoms with Crippen LogP contribution in [-0.2, 0) is 0 Å². The Morgan fingerprint density at radius 2 is 2.10 bits per heavy atom. The second-order valence-corrected chi connectivity index (χ2v) is 9.74. The molecule has 5 rings (SSSR count). The van der Waals surface area contributed by atoms with Crippen molar-refractivity contribution in [2.75, 3.05) is 25.0 Å². The Morgan fingerprint density at radius 1 is 1.23 bits per heavy atom. The highest BCUT2D eigenvalue weighted by Gasteiger charge is 2.30. The third-order valence-electron chi connectivity index (χ3n) is 6.43. The van der Waals surface area contributed by atoms with Crippen molar-refractivity contribution in [3.8, 4) is 17.0 Å². The van der Waals surface area contributed by atoms with Gasteiger partial charge in [0.15, 0.2) is 0 Å². The summed E-state index contributed by atoms with van der Waals surface area (Å²) in [6.45, 7) is 5.24. The van der Waals surface area contributed by atoms with E-state index in [1.54, 1.807) is 11.3 Å². The standard InChI is InChI=1S/C23H28N4O2S/c1-14-9-21(24-16-3-2-7-27(13-16)12-15-10-17(28)11-15)25-26-22(14)19-4-5-20-18(23(19)29)6-8-30-20/h4-6,8-9,15-17,28-29H,2-3,7,10-13H2,1H3,(H,24,25)/t15?,16-,17?/m1/s1. The lowest BCUT2D eigenvalue weighted by Gasteiger charge is -2.39. The van der Waals surface area contributed by atoms with Gasteiger partial charge in [0.05, 0.1) is 11.8 Å². The molecule has 3 N–H and O–H groups in total. The van der Waals surface area contributed by atoms with Crippen molar-refractivity contribution in [1.82, 2.24) is 15.1 Å². The van der Waals surface area contributed by atoms with Crippen LogP contribution in [0.25, 0.3) is 21.3 Å². The molecule has 30 heavy (non-hydrogen) atoms. The van der Waals surface area contributed by atoms with Crippen LogP contribution < -0.4 is 5.32 Å². The molecule has 0 radical (unpaired) electrons. The molecule has 0 bridgehead atoms. The Kier molecular flexibility index (Phi) is 5.35. The second kappa shape index (κ2) is 8.13. The number of likely N-dealkylation sites (tertiary alicyclic amines) is 1. The zero-order valence-electron chi connectivity index (χ0n) is 17.2. The van der Waals surface area contributed by atoms with E-state index in [0.717, 1.165) is 71.6 Å². The first-order valence-corrected chi connectivity index (χ1v) is 11.7. The van der Waals surface area contributed by atoms with Crippen LogP contribution in [0, 0.1) is 12.8 Å². The summed E-state index contributed by atoms with van der Waals surface area (Å²) in [7, 11) is 0. The molecular formula is C23H28N4O2S. The minimum absolute atomic E-state index is 0.0784. The zero-order valence-corrected chi connectivity index (χ0v) is 18.0. The zero-order chi connectivity index (χ0) is 20.7. The van der Waals surface area contributed by atoms with Gasteiger partial charge in [-0.3, -0.25) is 0 Å². The monoisotopic (exact) mass is 424 g/mol. The lowest BCUT2D eigenvalue weighted by atomic mass is 9.82. The molecule has 2 fully saturated rings. The smallest absolute Gasteiger partial charge is 0.149 e. The number of thiophene rings is 1. The van der Waals surface area contributed by atoms with E-state index in [9.17, 15) is 10.2 Å². The topological polar surface area (TPSA) is 81.5 Å². The molecule has 0 amide bonds. The summed E-state index contributed by atoms with van der Waals surface area (Å²) >= 11 is 1.62.